The zero-order valence-electron chi connectivity index (χ0n) is 18.3. The lowest BCUT2D eigenvalue weighted by Gasteiger charge is -2.22. The maximum atomic E-state index is 12.1. The quantitative estimate of drug-likeness (QED) is 0.118. The number of phosphoric ester groups is 2. The number of aromatic nitrogens is 4. The summed E-state index contributed by atoms with van der Waals surface area (Å²) in [6.07, 6.45) is -5.31. The van der Waals surface area contributed by atoms with Crippen molar-refractivity contribution in [1.29, 1.82) is 0 Å². The number of hydrogen-bond donors (Lipinski definition) is 9. The third-order valence-corrected chi connectivity index (χ3v) is 10.2. The van der Waals surface area contributed by atoms with E-state index in [1.165, 1.54) is 0 Å². The Morgan fingerprint density at radius 3 is 2.05 bits per heavy atom. The molecule has 39 heavy (non-hydrogen) atoms. The van der Waals surface area contributed by atoms with Gasteiger partial charge in [-0.2, -0.15) is 12.9 Å². The molecule has 0 aromatic carbocycles. The molecule has 0 saturated carbocycles. The van der Waals surface area contributed by atoms with Crippen molar-refractivity contribution in [1.82, 2.24) is 19.5 Å². The van der Waals surface area contributed by atoms with Gasteiger partial charge in [0.05, 0.1) is 12.9 Å². The summed E-state index contributed by atoms with van der Waals surface area (Å²) in [5, 5.41) is 10.6. The molecule has 2 aromatic rings. The van der Waals surface area contributed by atoms with E-state index in [0.717, 1.165) is 17.2 Å². The first-order valence-electron chi connectivity index (χ1n) is 9.41. The van der Waals surface area contributed by atoms with Gasteiger partial charge in [0.1, 0.15) is 30.2 Å². The SMILES string of the molecule is Nc1ncnc2c1ncn2[C@@H]1O[C@H](COP(=O)(O)OP(=O)(O)OP(=O)(O)OP(=O)(O)O)[C@@H](OP(=O)(O)O)[C@H]1O. The monoisotopic (exact) mass is 667 g/mol. The molecule has 0 aliphatic carbocycles. The predicted octanol–water partition coefficient (Wildman–Crippen LogP) is -1.40. The highest BCUT2D eigenvalue weighted by Gasteiger charge is 2.51. The van der Waals surface area contributed by atoms with E-state index in [0.29, 0.717) is 0 Å². The Bertz CT molecular complexity index is 1450. The van der Waals surface area contributed by atoms with Crippen LogP contribution < -0.4 is 5.73 Å². The number of nitrogen functional groups attached to an aromatic ring is 1. The number of aliphatic hydroxyl groups is 1. The van der Waals surface area contributed by atoms with Crippen LogP contribution in [0.15, 0.2) is 12.7 Å². The van der Waals surface area contributed by atoms with Gasteiger partial charge in [-0.15, -0.1) is 0 Å². The van der Waals surface area contributed by atoms with E-state index in [-0.39, 0.29) is 17.0 Å². The summed E-state index contributed by atoms with van der Waals surface area (Å²) in [7, 11) is -29.1. The molecule has 24 nitrogen and oxygen atoms in total. The van der Waals surface area contributed by atoms with Gasteiger partial charge in [0.25, 0.3) is 0 Å². The highest BCUT2D eigenvalue weighted by molar-refractivity contribution is 7.69. The first-order chi connectivity index (χ1) is 17.6. The Hall–Kier alpha value is -1.06. The van der Waals surface area contributed by atoms with Gasteiger partial charge in [0.15, 0.2) is 17.7 Å². The number of hydrogen-bond acceptors (Lipinski definition) is 16. The second kappa shape index (κ2) is 11.3. The molecule has 0 bridgehead atoms. The van der Waals surface area contributed by atoms with Crippen molar-refractivity contribution in [2.45, 2.75) is 24.5 Å². The number of aliphatic hydroxyl groups excluding tert-OH is 1. The number of rotatable bonds is 12. The Morgan fingerprint density at radius 1 is 0.872 bits per heavy atom. The zero-order valence-corrected chi connectivity index (χ0v) is 22.8. The lowest BCUT2D eigenvalue weighted by molar-refractivity contribution is -0.0501. The first kappa shape index (κ1) is 32.5. The Kier molecular flexibility index (Phi) is 9.42. The molecule has 10 N–H and O–H groups in total. The van der Waals surface area contributed by atoms with E-state index in [1.54, 1.807) is 0 Å². The molecular weight excluding hydrogens is 649 g/mol. The van der Waals surface area contributed by atoms with Crippen LogP contribution in [-0.2, 0) is 49.5 Å². The molecular formula is C10H18N5O19P5. The molecule has 2 aromatic heterocycles. The van der Waals surface area contributed by atoms with Gasteiger partial charge in [-0.05, 0) is 0 Å². The van der Waals surface area contributed by atoms with E-state index in [4.69, 9.17) is 25.2 Å². The minimum absolute atomic E-state index is 0.0245. The normalized spacial score (nSPS) is 27.2. The van der Waals surface area contributed by atoms with Crippen LogP contribution in [-0.4, -0.2) is 83.8 Å². The van der Waals surface area contributed by atoms with Gasteiger partial charge < -0.3 is 49.8 Å². The average molecular weight is 667 g/mol. The molecule has 0 spiro atoms. The van der Waals surface area contributed by atoms with Gasteiger partial charge in [-0.3, -0.25) is 13.6 Å². The van der Waals surface area contributed by atoms with Crippen LogP contribution in [0, 0.1) is 0 Å². The third kappa shape index (κ3) is 8.96. The van der Waals surface area contributed by atoms with Gasteiger partial charge in [-0.25, -0.2) is 37.8 Å². The van der Waals surface area contributed by atoms with Gasteiger partial charge in [0, 0.05) is 0 Å². The summed E-state index contributed by atoms with van der Waals surface area (Å²) in [5.41, 5.74) is 5.68. The summed E-state index contributed by atoms with van der Waals surface area (Å²) in [6, 6.07) is 0. The molecule has 29 heteroatoms. The third-order valence-electron chi connectivity index (χ3n) is 4.25. The van der Waals surface area contributed by atoms with Crippen molar-refractivity contribution < 1.29 is 88.9 Å². The number of fused-ring (bicyclic) bond motifs is 1. The molecule has 1 aliphatic heterocycles. The molecule has 0 amide bonds. The number of imidazole rings is 1. The minimum atomic E-state index is -6.13. The molecule has 1 saturated heterocycles. The molecule has 3 rings (SSSR count). The van der Waals surface area contributed by atoms with Crippen LogP contribution in [0.4, 0.5) is 5.82 Å². The molecule has 222 valence electrons. The minimum Gasteiger partial charge on any atom is -0.386 e. The van der Waals surface area contributed by atoms with Crippen LogP contribution >= 0.6 is 39.1 Å². The Labute approximate surface area is 214 Å². The highest BCUT2D eigenvalue weighted by atomic mass is 31.3. The van der Waals surface area contributed by atoms with Gasteiger partial charge in [-0.1, -0.05) is 0 Å². The van der Waals surface area contributed by atoms with E-state index < -0.39 is 70.3 Å². The van der Waals surface area contributed by atoms with Crippen LogP contribution in [0.2, 0.25) is 0 Å². The summed E-state index contributed by atoms with van der Waals surface area (Å²) in [6.45, 7) is -1.27. The Morgan fingerprint density at radius 2 is 1.46 bits per heavy atom. The lowest BCUT2D eigenvalue weighted by Crippen LogP contribution is -2.35. The van der Waals surface area contributed by atoms with E-state index in [9.17, 15) is 47.5 Å². The second-order valence-electron chi connectivity index (χ2n) is 7.14. The molecule has 1 fully saturated rings. The van der Waals surface area contributed by atoms with Crippen LogP contribution in [0.5, 0.6) is 0 Å². The standard InChI is InChI=1S/C10H18N5O19P5/c11-8-5-9(13-2-12-8)15(3-14-5)10-6(16)7(31-35(17,18)19)4(30-10)1-29-37(23,24)33-39(27,28)34-38(25,26)32-36(20,21)22/h2-4,6-7,10,16H,1H2,(H,23,24)(H,25,26)(H,27,28)(H2,11,12,13)(H2,17,18,19)(H2,20,21,22)/t4-,6-,7-,10-/m1/s1. The molecule has 7 atom stereocenters. The van der Waals surface area contributed by atoms with E-state index in [1.807, 2.05) is 0 Å². The number of nitrogens with two attached hydrogens (primary N) is 1. The lowest BCUT2D eigenvalue weighted by atomic mass is 10.1. The maximum absolute atomic E-state index is 12.1. The van der Waals surface area contributed by atoms with Crippen LogP contribution in [0.1, 0.15) is 6.23 Å². The summed E-state index contributed by atoms with van der Waals surface area (Å²) in [5.74, 6) is -0.0817. The molecule has 3 unspecified atom stereocenters. The topological polar surface area (TPSA) is 372 Å². The van der Waals surface area contributed by atoms with Crippen molar-refractivity contribution in [3.05, 3.63) is 12.7 Å². The summed E-state index contributed by atoms with van der Waals surface area (Å²) >= 11 is 0. The number of phosphoric acid groups is 5. The number of nitrogens with zero attached hydrogens (tertiary/aromatic N) is 4. The smallest absolute Gasteiger partial charge is 0.386 e. The van der Waals surface area contributed by atoms with Crippen molar-refractivity contribution in [3.8, 4) is 0 Å². The molecule has 0 radical (unpaired) electrons. The highest BCUT2D eigenvalue weighted by Crippen LogP contribution is 2.70. The van der Waals surface area contributed by atoms with Crippen molar-refractivity contribution >= 4 is 56.1 Å². The van der Waals surface area contributed by atoms with Crippen LogP contribution in [0.3, 0.4) is 0 Å². The zero-order chi connectivity index (χ0) is 29.6. The van der Waals surface area contributed by atoms with E-state index in [2.05, 4.69) is 36.9 Å². The fourth-order valence-corrected chi connectivity index (χ4v) is 8.08. The molecule has 1 aliphatic rings. The molecule has 3 heterocycles. The van der Waals surface area contributed by atoms with Gasteiger partial charge in [0.2, 0.25) is 0 Å². The summed E-state index contributed by atoms with van der Waals surface area (Å²) < 4.78 is 83.2. The van der Waals surface area contributed by atoms with Crippen molar-refractivity contribution in [2.75, 3.05) is 12.3 Å². The Balaban J connectivity index is 1.78. The number of anilines is 1. The van der Waals surface area contributed by atoms with E-state index >= 15 is 0 Å². The maximum Gasteiger partial charge on any atom is 0.490 e. The average Bonchev–Trinajstić information content (AvgIpc) is 3.24. The van der Waals surface area contributed by atoms with Gasteiger partial charge >= 0.3 is 39.1 Å². The largest absolute Gasteiger partial charge is 0.490 e. The second-order valence-corrected chi connectivity index (χ2v) is 14.3. The fourth-order valence-electron chi connectivity index (χ4n) is 3.04. The van der Waals surface area contributed by atoms with Crippen molar-refractivity contribution in [3.63, 3.8) is 0 Å². The summed E-state index contributed by atoms with van der Waals surface area (Å²) in [4.78, 5) is 75.1. The first-order valence-corrected chi connectivity index (χ1v) is 17.0. The van der Waals surface area contributed by atoms with Crippen molar-refractivity contribution in [2.24, 2.45) is 0 Å². The van der Waals surface area contributed by atoms with Crippen LogP contribution in [0.25, 0.3) is 11.2 Å². The predicted molar refractivity (Wildman–Crippen MR) is 117 cm³/mol. The number of ether oxygens (including phenoxy) is 1. The fraction of sp³-hybridized carbons (Fsp3) is 0.500.